The number of sulfone groups is 1. The van der Waals surface area contributed by atoms with E-state index in [2.05, 4.69) is 38.4 Å². The van der Waals surface area contributed by atoms with Gasteiger partial charge >= 0.3 is 0 Å². The second-order valence-electron chi connectivity index (χ2n) is 21.0. The van der Waals surface area contributed by atoms with E-state index >= 15 is 0 Å². The number of unbranched alkanes of at least 4 members (excludes halogenated alkanes) is 23. The summed E-state index contributed by atoms with van der Waals surface area (Å²) in [6, 6.07) is 13.7. The fraction of sp³-hybridized carbons (Fsp3) is 0.741. The van der Waals surface area contributed by atoms with Crippen molar-refractivity contribution < 1.29 is 17.7 Å². The van der Waals surface area contributed by atoms with Crippen LogP contribution >= 0.6 is 0 Å². The Balaban J connectivity index is 0.865. The lowest BCUT2D eigenvalue weighted by atomic mass is 9.96. The van der Waals surface area contributed by atoms with E-state index in [1.165, 1.54) is 180 Å². The number of piperidine rings is 2. The highest BCUT2D eigenvalue weighted by molar-refractivity contribution is 7.91. The van der Waals surface area contributed by atoms with E-state index in [-0.39, 0.29) is 9.79 Å². The number of benzene rings is 2. The van der Waals surface area contributed by atoms with Crippen LogP contribution in [0.1, 0.15) is 194 Å². The van der Waals surface area contributed by atoms with Gasteiger partial charge in [0.1, 0.15) is 16.9 Å². The predicted molar refractivity (Wildman–Crippen MR) is 291 cm³/mol. The third kappa shape index (κ3) is 18.2. The van der Waals surface area contributed by atoms with Gasteiger partial charge in [0.15, 0.2) is 4.90 Å². The lowest BCUT2D eigenvalue weighted by Gasteiger charge is -2.46. The van der Waals surface area contributed by atoms with Crippen LogP contribution in [0.5, 0.6) is 5.75 Å². The molecule has 2 aromatic carbocycles. The zero-order valence-electron chi connectivity index (χ0n) is 43.8. The number of pyridine rings is 1. The summed E-state index contributed by atoms with van der Waals surface area (Å²) in [5.74, 6) is 0.695. The lowest BCUT2D eigenvalue weighted by Crippen LogP contribution is -2.55. The largest absolute Gasteiger partial charge is 0.612 e. The number of hydrogen-bond donors (Lipinski definition) is 0. The quantitative estimate of drug-likeness (QED) is 0.0437. The van der Waals surface area contributed by atoms with Crippen molar-refractivity contribution in [3.8, 4) is 5.75 Å². The fourth-order valence-corrected chi connectivity index (χ4v) is 13.4. The number of rotatable bonds is 33. The molecule has 0 saturated carbocycles. The molecule has 0 radical (unpaired) electrons. The molecule has 1 unspecified atom stereocenters. The fourth-order valence-electron chi connectivity index (χ4n) is 11.5. The molecule has 0 amide bonds. The van der Waals surface area contributed by atoms with Gasteiger partial charge in [0, 0.05) is 69.0 Å². The molecule has 9 nitrogen and oxygen atoms in total. The van der Waals surface area contributed by atoms with Crippen LogP contribution in [0, 0.1) is 0 Å². The Morgan fingerprint density at radius 2 is 1.06 bits per heavy atom. The molecule has 0 spiro atoms. The molecule has 3 aromatic rings. The van der Waals surface area contributed by atoms with Crippen molar-refractivity contribution in [1.82, 2.24) is 19.7 Å². The molecule has 3 aliphatic rings. The minimum absolute atomic E-state index is 0.213. The van der Waals surface area contributed by atoms with Crippen molar-refractivity contribution in [2.75, 3.05) is 76.7 Å². The summed E-state index contributed by atoms with van der Waals surface area (Å²) >= 11 is -1.22. The van der Waals surface area contributed by atoms with E-state index in [4.69, 9.17) is 4.74 Å². The highest BCUT2D eigenvalue weighted by Gasteiger charge is 2.34. The molecular formula is C58H95N5O4S2. The molecular weight excluding hydrogens is 895 g/mol. The Morgan fingerprint density at radius 1 is 0.594 bits per heavy atom. The first-order valence-corrected chi connectivity index (χ1v) is 31.5. The average molecular weight is 991 g/mol. The molecule has 3 fully saturated rings. The minimum atomic E-state index is -3.93. The molecule has 3 saturated heterocycles. The monoisotopic (exact) mass is 990 g/mol. The van der Waals surface area contributed by atoms with Gasteiger partial charge in [0.25, 0.3) is 0 Å². The van der Waals surface area contributed by atoms with Crippen LogP contribution in [0.15, 0.2) is 63.3 Å². The van der Waals surface area contributed by atoms with E-state index in [1.54, 1.807) is 36.7 Å². The van der Waals surface area contributed by atoms with Gasteiger partial charge in [-0.2, -0.15) is 0 Å². The Hall–Kier alpha value is -2.41. The number of aromatic nitrogens is 1. The van der Waals surface area contributed by atoms with Gasteiger partial charge in [0.05, 0.1) is 22.7 Å². The second kappa shape index (κ2) is 31.2. The summed E-state index contributed by atoms with van der Waals surface area (Å²) in [5, 5.41) is 0.747. The number of hydrogen-bond acceptors (Lipinski definition) is 9. The number of fused-ring (bicyclic) bond motifs is 1. The second-order valence-corrected chi connectivity index (χ2v) is 24.3. The van der Waals surface area contributed by atoms with Crippen LogP contribution < -0.4 is 9.64 Å². The van der Waals surface area contributed by atoms with Crippen molar-refractivity contribution in [2.24, 2.45) is 0 Å². The molecule has 0 aliphatic carbocycles. The first kappa shape index (κ1) is 55.9. The van der Waals surface area contributed by atoms with Gasteiger partial charge in [-0.25, -0.2) is 8.42 Å². The van der Waals surface area contributed by atoms with Crippen LogP contribution in [-0.4, -0.2) is 117 Å². The SMILES string of the molecule is CCCCCCCCCCCCCCCCCCCCCCCCCCOc1ccc(S(=O)(=O)c2cnc3ccc([S+](C)[O-])cc3c2N2CCC(N3CCC(N4CCN(CC)CC4)CC3)CC2)cc1. The Bertz CT molecular complexity index is 1960. The molecule has 4 heterocycles. The van der Waals surface area contributed by atoms with Gasteiger partial charge in [-0.05, 0) is 99.3 Å². The minimum Gasteiger partial charge on any atom is -0.612 e. The zero-order chi connectivity index (χ0) is 48.5. The summed E-state index contributed by atoms with van der Waals surface area (Å²) in [6.07, 6.45) is 40.7. The number of anilines is 1. The van der Waals surface area contributed by atoms with Gasteiger partial charge < -0.3 is 24.0 Å². The topological polar surface area (TPSA) is 92.3 Å². The number of ether oxygens (including phenoxy) is 1. The maximum absolute atomic E-state index is 14.6. The number of likely N-dealkylation sites (N-methyl/N-ethyl adjacent to an activating group) is 1. The summed E-state index contributed by atoms with van der Waals surface area (Å²) in [4.78, 5) is 16.0. The standard InChI is InChI=1S/C58H95N5O4S2/c1-4-6-7-8-9-10-11-12-13-14-15-16-17-18-19-20-21-22-23-24-25-26-27-28-47-67-52-29-32-54(33-30-52)69(65,66)57-49-59-56-34-31-53(68(3)64)48-55(56)58(57)63-41-37-50(38-42-63)61-39-35-51(36-40-61)62-45-43-60(5-2)44-46-62/h29-34,48-51H,4-28,35-47H2,1-3H3. The normalized spacial score (nSPS) is 17.8. The lowest BCUT2D eigenvalue weighted by molar-refractivity contribution is 0.0449. The van der Waals surface area contributed by atoms with E-state index in [0.717, 1.165) is 63.8 Å². The predicted octanol–water partition coefficient (Wildman–Crippen LogP) is 13.6. The van der Waals surface area contributed by atoms with E-state index in [9.17, 15) is 13.0 Å². The summed E-state index contributed by atoms with van der Waals surface area (Å²) in [5.41, 5.74) is 1.40. The van der Waals surface area contributed by atoms with Gasteiger partial charge in [-0.15, -0.1) is 0 Å². The van der Waals surface area contributed by atoms with Crippen LogP contribution in [-0.2, 0) is 21.0 Å². The maximum Gasteiger partial charge on any atom is 0.210 e. The number of nitrogens with zero attached hydrogens (tertiary/aromatic N) is 5. The Labute approximate surface area is 424 Å². The first-order chi connectivity index (χ1) is 33.8. The molecule has 11 heteroatoms. The van der Waals surface area contributed by atoms with Crippen molar-refractivity contribution in [3.63, 3.8) is 0 Å². The smallest absolute Gasteiger partial charge is 0.210 e. The average Bonchev–Trinajstić information content (AvgIpc) is 3.38. The van der Waals surface area contributed by atoms with Gasteiger partial charge in [-0.1, -0.05) is 162 Å². The Morgan fingerprint density at radius 3 is 1.54 bits per heavy atom. The van der Waals surface area contributed by atoms with E-state index in [1.807, 2.05) is 18.2 Å². The number of piperazine rings is 1. The van der Waals surface area contributed by atoms with Crippen LogP contribution in [0.25, 0.3) is 10.9 Å². The molecule has 1 atom stereocenters. The van der Waals surface area contributed by atoms with Crippen LogP contribution in [0.3, 0.4) is 0 Å². The molecule has 1 aromatic heterocycles. The summed E-state index contributed by atoms with van der Waals surface area (Å²) < 4.78 is 47.9. The van der Waals surface area contributed by atoms with E-state index < -0.39 is 21.0 Å². The summed E-state index contributed by atoms with van der Waals surface area (Å²) in [7, 11) is -3.93. The van der Waals surface area contributed by atoms with Crippen LogP contribution in [0.2, 0.25) is 0 Å². The van der Waals surface area contributed by atoms with Crippen molar-refractivity contribution in [2.45, 2.75) is 220 Å². The molecule has 69 heavy (non-hydrogen) atoms. The first-order valence-electron chi connectivity index (χ1n) is 28.5. The molecule has 6 rings (SSSR count). The van der Waals surface area contributed by atoms with Gasteiger partial charge in [-0.3, -0.25) is 9.88 Å². The maximum atomic E-state index is 14.6. The van der Waals surface area contributed by atoms with E-state index in [0.29, 0.717) is 40.5 Å². The van der Waals surface area contributed by atoms with Crippen LogP contribution in [0.4, 0.5) is 5.69 Å². The van der Waals surface area contributed by atoms with Crippen molar-refractivity contribution in [1.29, 1.82) is 0 Å². The van der Waals surface area contributed by atoms with Crippen molar-refractivity contribution in [3.05, 3.63) is 48.7 Å². The molecule has 0 N–H and O–H groups in total. The zero-order valence-corrected chi connectivity index (χ0v) is 45.5. The summed E-state index contributed by atoms with van der Waals surface area (Å²) in [6.45, 7) is 14.9. The van der Waals surface area contributed by atoms with Gasteiger partial charge in [0.2, 0.25) is 9.84 Å². The highest BCUT2D eigenvalue weighted by Crippen LogP contribution is 2.39. The molecule has 388 valence electrons. The molecule has 3 aliphatic heterocycles. The third-order valence-electron chi connectivity index (χ3n) is 16.0. The highest BCUT2D eigenvalue weighted by atomic mass is 32.2. The number of likely N-dealkylation sites (tertiary alicyclic amines) is 1. The third-order valence-corrected chi connectivity index (χ3v) is 18.7. The Kier molecular flexibility index (Phi) is 25.3. The van der Waals surface area contributed by atoms with Crippen molar-refractivity contribution >= 4 is 37.6 Å². The molecule has 0 bridgehead atoms.